The summed E-state index contributed by atoms with van der Waals surface area (Å²) < 4.78 is 5.86. The van der Waals surface area contributed by atoms with E-state index >= 15 is 0 Å². The molecule has 1 N–H and O–H groups in total. The molecule has 0 saturated carbocycles. The first-order valence-electron chi connectivity index (χ1n) is 11.2. The summed E-state index contributed by atoms with van der Waals surface area (Å²) >= 11 is 0. The number of nitrogens with one attached hydrogen (secondary N) is 1. The van der Waals surface area contributed by atoms with Crippen molar-refractivity contribution in [3.63, 3.8) is 0 Å². The van der Waals surface area contributed by atoms with Crippen LogP contribution in [-0.4, -0.2) is 59.4 Å². The minimum Gasteiger partial charge on any atom is -0.491 e. The Hall–Kier alpha value is -3.38. The second-order valence-corrected chi connectivity index (χ2v) is 8.72. The first-order chi connectivity index (χ1) is 15.6. The van der Waals surface area contributed by atoms with Crippen LogP contribution in [0.25, 0.3) is 33.4 Å². The quantitative estimate of drug-likeness (QED) is 0.494. The van der Waals surface area contributed by atoms with Gasteiger partial charge in [-0.1, -0.05) is 24.3 Å². The van der Waals surface area contributed by atoms with Crippen molar-refractivity contribution >= 4 is 16.7 Å². The van der Waals surface area contributed by atoms with Gasteiger partial charge in [0.2, 0.25) is 0 Å². The number of piperazine rings is 1. The molecule has 1 fully saturated rings. The zero-order valence-corrected chi connectivity index (χ0v) is 18.9. The van der Waals surface area contributed by atoms with E-state index < -0.39 is 0 Å². The molecular formula is C26H29N5O. The van der Waals surface area contributed by atoms with Gasteiger partial charge in [0.15, 0.2) is 5.65 Å². The molecule has 1 aliphatic rings. The van der Waals surface area contributed by atoms with E-state index in [4.69, 9.17) is 4.74 Å². The van der Waals surface area contributed by atoms with Gasteiger partial charge in [-0.15, -0.1) is 0 Å². The maximum absolute atomic E-state index is 5.86. The van der Waals surface area contributed by atoms with Crippen molar-refractivity contribution in [1.29, 1.82) is 0 Å². The normalized spacial score (nSPS) is 14.9. The van der Waals surface area contributed by atoms with Crippen LogP contribution in [0.1, 0.15) is 13.8 Å². The van der Waals surface area contributed by atoms with E-state index in [1.807, 2.05) is 38.2 Å². The number of ether oxygens (including phenoxy) is 1. The Kier molecular flexibility index (Phi) is 5.53. The van der Waals surface area contributed by atoms with Crippen molar-refractivity contribution in [3.8, 4) is 28.1 Å². The third-order valence-electron chi connectivity index (χ3n) is 5.96. The number of nitrogens with zero attached hydrogens (tertiary/aromatic N) is 4. The fourth-order valence-electron chi connectivity index (χ4n) is 4.20. The van der Waals surface area contributed by atoms with Crippen LogP contribution in [0.5, 0.6) is 5.75 Å². The number of hydrogen-bond donors (Lipinski definition) is 1. The Balaban J connectivity index is 1.44. The third kappa shape index (κ3) is 4.18. The molecule has 2 aromatic heterocycles. The van der Waals surface area contributed by atoms with E-state index in [1.54, 1.807) is 0 Å². The highest BCUT2D eigenvalue weighted by Crippen LogP contribution is 2.31. The molecule has 5 rings (SSSR count). The van der Waals surface area contributed by atoms with Crippen LogP contribution in [0.15, 0.2) is 60.8 Å². The van der Waals surface area contributed by atoms with Crippen LogP contribution in [-0.2, 0) is 0 Å². The van der Waals surface area contributed by atoms with Gasteiger partial charge in [0.1, 0.15) is 11.4 Å². The smallest absolute Gasteiger partial charge is 0.155 e. The highest BCUT2D eigenvalue weighted by Gasteiger charge is 2.15. The number of fused-ring (bicyclic) bond motifs is 1. The second kappa shape index (κ2) is 8.63. The van der Waals surface area contributed by atoms with Crippen LogP contribution in [0.4, 0.5) is 5.69 Å². The van der Waals surface area contributed by atoms with E-state index in [0.29, 0.717) is 0 Å². The number of rotatable bonds is 5. The summed E-state index contributed by atoms with van der Waals surface area (Å²) in [6.45, 7) is 8.41. The average Bonchev–Trinajstić information content (AvgIpc) is 3.23. The largest absolute Gasteiger partial charge is 0.491 e. The van der Waals surface area contributed by atoms with Gasteiger partial charge < -0.3 is 14.5 Å². The lowest BCUT2D eigenvalue weighted by molar-refractivity contribution is 0.242. The van der Waals surface area contributed by atoms with Gasteiger partial charge in [-0.05, 0) is 56.8 Å². The molecule has 6 nitrogen and oxygen atoms in total. The summed E-state index contributed by atoms with van der Waals surface area (Å²) in [5.41, 5.74) is 6.20. The summed E-state index contributed by atoms with van der Waals surface area (Å²) in [4.78, 5) is 9.45. The molecule has 0 aliphatic carbocycles. The number of likely N-dealkylation sites (N-methyl/N-ethyl adjacent to an activating group) is 1. The van der Waals surface area contributed by atoms with Gasteiger partial charge >= 0.3 is 0 Å². The molecule has 0 amide bonds. The number of anilines is 1. The maximum Gasteiger partial charge on any atom is 0.155 e. The van der Waals surface area contributed by atoms with Crippen molar-refractivity contribution in [2.24, 2.45) is 0 Å². The zero-order valence-electron chi connectivity index (χ0n) is 18.9. The van der Waals surface area contributed by atoms with Crippen molar-refractivity contribution in [3.05, 3.63) is 60.8 Å². The highest BCUT2D eigenvalue weighted by molar-refractivity contribution is 5.93. The number of hydrogen-bond acceptors (Lipinski definition) is 5. The Morgan fingerprint density at radius 1 is 0.906 bits per heavy atom. The molecule has 2 aromatic carbocycles. The molecule has 32 heavy (non-hydrogen) atoms. The van der Waals surface area contributed by atoms with E-state index in [1.165, 1.54) is 5.69 Å². The van der Waals surface area contributed by atoms with Crippen LogP contribution < -0.4 is 9.64 Å². The molecule has 6 heteroatoms. The molecule has 1 saturated heterocycles. The topological polar surface area (TPSA) is 57.3 Å². The molecule has 1 aliphatic heterocycles. The summed E-state index contributed by atoms with van der Waals surface area (Å²) in [5, 5.41) is 8.62. The Labute approximate surface area is 188 Å². The number of aromatic nitrogens is 3. The van der Waals surface area contributed by atoms with Crippen LogP contribution >= 0.6 is 0 Å². The SMILES string of the molecule is CC(C)Oc1cccc(-c2n[nH]c3ncc(-c4ccc(N5CCN(C)CC5)cc4)cc23)c1. The average molecular weight is 428 g/mol. The standard InChI is InChI=1S/C26H29N5O/c1-18(2)32-23-6-4-5-20(15-23)25-24-16-21(17-27-26(24)29-28-25)19-7-9-22(10-8-19)31-13-11-30(3)12-14-31/h4-10,15-18H,11-14H2,1-3H3,(H,27,28,29). The summed E-state index contributed by atoms with van der Waals surface area (Å²) in [6, 6.07) is 19.0. The van der Waals surface area contributed by atoms with Crippen molar-refractivity contribution in [2.75, 3.05) is 38.1 Å². The van der Waals surface area contributed by atoms with Crippen LogP contribution in [0, 0.1) is 0 Å². The number of pyridine rings is 1. The van der Waals surface area contributed by atoms with Gasteiger partial charge in [0, 0.05) is 54.6 Å². The van der Waals surface area contributed by atoms with Crippen molar-refractivity contribution in [1.82, 2.24) is 20.1 Å². The number of benzene rings is 2. The predicted molar refractivity (Wildman–Crippen MR) is 130 cm³/mol. The van der Waals surface area contributed by atoms with Crippen LogP contribution in [0.3, 0.4) is 0 Å². The molecule has 0 atom stereocenters. The molecule has 164 valence electrons. The monoisotopic (exact) mass is 427 g/mol. The van der Waals surface area contributed by atoms with Crippen molar-refractivity contribution in [2.45, 2.75) is 20.0 Å². The van der Waals surface area contributed by atoms with Gasteiger partial charge in [0.05, 0.1) is 6.10 Å². The predicted octanol–water partition coefficient (Wildman–Crippen LogP) is 4.83. The molecule has 0 unspecified atom stereocenters. The lowest BCUT2D eigenvalue weighted by Gasteiger charge is -2.34. The van der Waals surface area contributed by atoms with Gasteiger partial charge in [-0.2, -0.15) is 5.10 Å². The lowest BCUT2D eigenvalue weighted by atomic mass is 10.0. The van der Waals surface area contributed by atoms with Gasteiger partial charge in [-0.3, -0.25) is 5.10 Å². The molecular weight excluding hydrogens is 398 g/mol. The summed E-state index contributed by atoms with van der Waals surface area (Å²) in [7, 11) is 2.18. The number of H-pyrrole nitrogens is 1. The molecule has 0 bridgehead atoms. The minimum absolute atomic E-state index is 0.128. The first-order valence-corrected chi connectivity index (χ1v) is 11.2. The second-order valence-electron chi connectivity index (χ2n) is 8.72. The van der Waals surface area contributed by atoms with E-state index in [-0.39, 0.29) is 6.10 Å². The lowest BCUT2D eigenvalue weighted by Crippen LogP contribution is -2.44. The Bertz CT molecular complexity index is 1210. The van der Waals surface area contributed by atoms with E-state index in [9.17, 15) is 0 Å². The molecule has 4 aromatic rings. The summed E-state index contributed by atoms with van der Waals surface area (Å²) in [6.07, 6.45) is 2.04. The zero-order chi connectivity index (χ0) is 22.1. The molecule has 3 heterocycles. The molecule has 0 radical (unpaired) electrons. The first kappa shape index (κ1) is 20.5. The Morgan fingerprint density at radius 3 is 2.44 bits per heavy atom. The summed E-state index contributed by atoms with van der Waals surface area (Å²) in [5.74, 6) is 0.845. The number of aromatic amines is 1. The van der Waals surface area contributed by atoms with Gasteiger partial charge in [-0.25, -0.2) is 4.98 Å². The maximum atomic E-state index is 5.86. The van der Waals surface area contributed by atoms with E-state index in [2.05, 4.69) is 68.4 Å². The van der Waals surface area contributed by atoms with Crippen molar-refractivity contribution < 1.29 is 4.74 Å². The fraction of sp³-hybridized carbons (Fsp3) is 0.308. The molecule has 0 spiro atoms. The third-order valence-corrected chi connectivity index (χ3v) is 5.96. The highest BCUT2D eigenvalue weighted by atomic mass is 16.5. The van der Waals surface area contributed by atoms with Crippen LogP contribution in [0.2, 0.25) is 0 Å². The fourth-order valence-corrected chi connectivity index (χ4v) is 4.20. The minimum atomic E-state index is 0.128. The van der Waals surface area contributed by atoms with Gasteiger partial charge in [0.25, 0.3) is 0 Å². The van der Waals surface area contributed by atoms with E-state index in [0.717, 1.165) is 65.3 Å². The Morgan fingerprint density at radius 2 is 1.69 bits per heavy atom.